The molecule has 0 aromatic carbocycles. The monoisotopic (exact) mass is 298 g/mol. The summed E-state index contributed by atoms with van der Waals surface area (Å²) in [4.78, 5) is 16.0. The molecule has 1 aliphatic carbocycles. The second kappa shape index (κ2) is 5.60. The number of halogens is 1. The molecule has 0 radical (unpaired) electrons. The smallest absolute Gasteiger partial charge is 0.253 e. The Hall–Kier alpha value is -0.940. The van der Waals surface area contributed by atoms with Crippen LogP contribution in [0.1, 0.15) is 29.6 Å². The van der Waals surface area contributed by atoms with Crippen LogP contribution in [-0.4, -0.2) is 30.1 Å². The predicted octanol–water partition coefficient (Wildman–Crippen LogP) is 2.14. The number of nitrogens with zero attached hydrogens (tertiary/aromatic N) is 1. The van der Waals surface area contributed by atoms with Crippen LogP contribution < -0.4 is 5.32 Å². The SMILES string of the molecule is COC1CCCC1NC(=O)c1ccc(Br)nc1. The van der Waals surface area contributed by atoms with Crippen molar-refractivity contribution in [1.82, 2.24) is 10.3 Å². The zero-order valence-corrected chi connectivity index (χ0v) is 11.2. The van der Waals surface area contributed by atoms with Gasteiger partial charge in [-0.15, -0.1) is 0 Å². The Morgan fingerprint density at radius 1 is 1.53 bits per heavy atom. The van der Waals surface area contributed by atoms with Crippen LogP contribution in [0.25, 0.3) is 0 Å². The number of aromatic nitrogens is 1. The molecule has 1 aromatic rings. The van der Waals surface area contributed by atoms with E-state index in [4.69, 9.17) is 4.74 Å². The highest BCUT2D eigenvalue weighted by Gasteiger charge is 2.28. The van der Waals surface area contributed by atoms with Gasteiger partial charge in [-0.25, -0.2) is 4.98 Å². The van der Waals surface area contributed by atoms with Gasteiger partial charge >= 0.3 is 0 Å². The van der Waals surface area contributed by atoms with Gasteiger partial charge in [-0.1, -0.05) is 0 Å². The van der Waals surface area contributed by atoms with Gasteiger partial charge < -0.3 is 10.1 Å². The molecule has 1 amide bonds. The molecule has 0 bridgehead atoms. The molecule has 1 saturated carbocycles. The highest BCUT2D eigenvalue weighted by Crippen LogP contribution is 2.21. The van der Waals surface area contributed by atoms with E-state index in [0.29, 0.717) is 5.56 Å². The summed E-state index contributed by atoms with van der Waals surface area (Å²) < 4.78 is 6.07. The Kier molecular flexibility index (Phi) is 4.12. The van der Waals surface area contributed by atoms with Crippen molar-refractivity contribution in [3.8, 4) is 0 Å². The number of hydrogen-bond acceptors (Lipinski definition) is 3. The molecule has 2 unspecified atom stereocenters. The van der Waals surface area contributed by atoms with Crippen LogP contribution in [-0.2, 0) is 4.74 Å². The summed E-state index contributed by atoms with van der Waals surface area (Å²) in [6.45, 7) is 0. The summed E-state index contributed by atoms with van der Waals surface area (Å²) in [5.74, 6) is -0.0843. The van der Waals surface area contributed by atoms with Crippen LogP contribution in [0.4, 0.5) is 0 Å². The van der Waals surface area contributed by atoms with E-state index in [-0.39, 0.29) is 18.1 Å². The third kappa shape index (κ3) is 3.04. The van der Waals surface area contributed by atoms with Crippen molar-refractivity contribution in [2.75, 3.05) is 7.11 Å². The Morgan fingerprint density at radius 2 is 2.35 bits per heavy atom. The quantitative estimate of drug-likeness (QED) is 0.870. The highest BCUT2D eigenvalue weighted by molar-refractivity contribution is 9.10. The minimum Gasteiger partial charge on any atom is -0.379 e. The standard InChI is InChI=1S/C12H15BrN2O2/c1-17-10-4-2-3-9(10)15-12(16)8-5-6-11(13)14-7-8/h5-7,9-10H,2-4H2,1H3,(H,15,16). The van der Waals surface area contributed by atoms with E-state index in [1.807, 2.05) is 0 Å². The van der Waals surface area contributed by atoms with Gasteiger partial charge in [0.25, 0.3) is 5.91 Å². The number of amides is 1. The fourth-order valence-electron chi connectivity index (χ4n) is 2.14. The largest absolute Gasteiger partial charge is 0.379 e. The van der Waals surface area contributed by atoms with Gasteiger partial charge in [0.05, 0.1) is 17.7 Å². The van der Waals surface area contributed by atoms with Crippen LogP contribution in [0, 0.1) is 0 Å². The number of carbonyl (C=O) groups is 1. The third-order valence-corrected chi connectivity index (χ3v) is 3.53. The van der Waals surface area contributed by atoms with Gasteiger partial charge in [0.15, 0.2) is 0 Å². The zero-order valence-electron chi connectivity index (χ0n) is 9.65. The van der Waals surface area contributed by atoms with Gasteiger partial charge in [-0.3, -0.25) is 4.79 Å². The number of hydrogen-bond donors (Lipinski definition) is 1. The molecule has 2 atom stereocenters. The summed E-state index contributed by atoms with van der Waals surface area (Å²) in [6, 6.07) is 3.64. The molecule has 4 nitrogen and oxygen atoms in total. The second-order valence-corrected chi connectivity index (χ2v) is 4.97. The fourth-order valence-corrected chi connectivity index (χ4v) is 2.37. The fraction of sp³-hybridized carbons (Fsp3) is 0.500. The Balaban J connectivity index is 1.99. The summed E-state index contributed by atoms with van der Waals surface area (Å²) in [7, 11) is 1.69. The summed E-state index contributed by atoms with van der Waals surface area (Å²) in [5.41, 5.74) is 0.579. The van der Waals surface area contributed by atoms with E-state index in [1.54, 1.807) is 25.4 Å². The molecule has 92 valence electrons. The molecule has 1 aromatic heterocycles. The van der Waals surface area contributed by atoms with Gasteiger partial charge in [-0.05, 0) is 47.3 Å². The van der Waals surface area contributed by atoms with E-state index >= 15 is 0 Å². The van der Waals surface area contributed by atoms with Crippen LogP contribution in [0.2, 0.25) is 0 Å². The molecule has 1 fully saturated rings. The first-order chi connectivity index (χ1) is 8.20. The summed E-state index contributed by atoms with van der Waals surface area (Å²) >= 11 is 3.24. The highest BCUT2D eigenvalue weighted by atomic mass is 79.9. The third-order valence-electron chi connectivity index (χ3n) is 3.06. The molecule has 17 heavy (non-hydrogen) atoms. The van der Waals surface area contributed by atoms with Crippen molar-refractivity contribution in [2.24, 2.45) is 0 Å². The van der Waals surface area contributed by atoms with E-state index < -0.39 is 0 Å². The van der Waals surface area contributed by atoms with Gasteiger partial charge in [0.1, 0.15) is 4.60 Å². The minimum atomic E-state index is -0.0843. The number of carbonyl (C=O) groups excluding carboxylic acids is 1. The maximum absolute atomic E-state index is 12.0. The van der Waals surface area contributed by atoms with Crippen LogP contribution in [0.5, 0.6) is 0 Å². The molecular weight excluding hydrogens is 284 g/mol. The van der Waals surface area contributed by atoms with Crippen LogP contribution in [0.15, 0.2) is 22.9 Å². The molecule has 1 aliphatic rings. The number of pyridine rings is 1. The van der Waals surface area contributed by atoms with E-state index in [2.05, 4.69) is 26.2 Å². The van der Waals surface area contributed by atoms with Gasteiger partial charge in [-0.2, -0.15) is 0 Å². The Labute approximate surface area is 109 Å². The maximum Gasteiger partial charge on any atom is 0.253 e. The summed E-state index contributed by atoms with van der Waals surface area (Å²) in [6.07, 6.45) is 4.80. The van der Waals surface area contributed by atoms with Crippen molar-refractivity contribution in [3.63, 3.8) is 0 Å². The first-order valence-electron chi connectivity index (χ1n) is 5.66. The van der Waals surface area contributed by atoms with Crippen molar-refractivity contribution < 1.29 is 9.53 Å². The first kappa shape index (κ1) is 12.5. The maximum atomic E-state index is 12.0. The van der Waals surface area contributed by atoms with E-state index in [0.717, 1.165) is 23.9 Å². The van der Waals surface area contributed by atoms with E-state index in [9.17, 15) is 4.79 Å². The van der Waals surface area contributed by atoms with Crippen molar-refractivity contribution in [1.29, 1.82) is 0 Å². The topological polar surface area (TPSA) is 51.2 Å². The number of nitrogens with one attached hydrogen (secondary N) is 1. The second-order valence-electron chi connectivity index (χ2n) is 4.15. The average molecular weight is 299 g/mol. The molecular formula is C12H15BrN2O2. The predicted molar refractivity (Wildman–Crippen MR) is 67.8 cm³/mol. The number of rotatable bonds is 3. The van der Waals surface area contributed by atoms with Gasteiger partial charge in [0, 0.05) is 13.3 Å². The summed E-state index contributed by atoms with van der Waals surface area (Å²) in [5, 5.41) is 3.00. The lowest BCUT2D eigenvalue weighted by atomic mass is 10.2. The molecule has 0 saturated heterocycles. The Bertz CT molecular complexity index is 394. The molecule has 1 N–H and O–H groups in total. The molecule has 5 heteroatoms. The zero-order chi connectivity index (χ0) is 12.3. The number of ether oxygens (including phenoxy) is 1. The average Bonchev–Trinajstić information content (AvgIpc) is 2.77. The van der Waals surface area contributed by atoms with Crippen molar-refractivity contribution in [3.05, 3.63) is 28.5 Å². The van der Waals surface area contributed by atoms with Crippen molar-refractivity contribution in [2.45, 2.75) is 31.4 Å². The van der Waals surface area contributed by atoms with Crippen LogP contribution >= 0.6 is 15.9 Å². The molecule has 0 spiro atoms. The lowest BCUT2D eigenvalue weighted by Gasteiger charge is -2.19. The first-order valence-corrected chi connectivity index (χ1v) is 6.45. The molecule has 2 rings (SSSR count). The minimum absolute atomic E-state index is 0.0843. The van der Waals surface area contributed by atoms with Crippen LogP contribution in [0.3, 0.4) is 0 Å². The lowest BCUT2D eigenvalue weighted by molar-refractivity contribution is 0.0722. The molecule has 0 aliphatic heterocycles. The molecule has 1 heterocycles. The normalized spacial score (nSPS) is 23.6. The van der Waals surface area contributed by atoms with E-state index in [1.165, 1.54) is 0 Å². The van der Waals surface area contributed by atoms with Gasteiger partial charge in [0.2, 0.25) is 0 Å². The lowest BCUT2D eigenvalue weighted by Crippen LogP contribution is -2.40. The van der Waals surface area contributed by atoms with Crippen molar-refractivity contribution >= 4 is 21.8 Å². The Morgan fingerprint density at radius 3 is 3.00 bits per heavy atom. The number of methoxy groups -OCH3 is 1.